The van der Waals surface area contributed by atoms with E-state index >= 15 is 0 Å². The third-order valence-corrected chi connectivity index (χ3v) is 5.13. The van der Waals surface area contributed by atoms with E-state index in [4.69, 9.17) is 0 Å². The fourth-order valence-corrected chi connectivity index (χ4v) is 3.71. The molecular formula is C19H19F3N3O3S-. The molecule has 1 N–H and O–H groups in total. The van der Waals surface area contributed by atoms with Crippen molar-refractivity contribution in [2.24, 2.45) is 0 Å². The summed E-state index contributed by atoms with van der Waals surface area (Å²) in [5, 5.41) is 0. The van der Waals surface area contributed by atoms with Gasteiger partial charge in [-0.3, -0.25) is 13.9 Å². The van der Waals surface area contributed by atoms with E-state index in [9.17, 15) is 26.7 Å². The highest BCUT2D eigenvalue weighted by molar-refractivity contribution is 7.80. The molecule has 2 aromatic carbocycles. The summed E-state index contributed by atoms with van der Waals surface area (Å²) in [5.74, 6) is -0.303. The number of hydrogen-bond acceptors (Lipinski definition) is 4. The van der Waals surface area contributed by atoms with Crippen molar-refractivity contribution in [2.75, 3.05) is 30.9 Å². The van der Waals surface area contributed by atoms with Crippen LogP contribution in [0, 0.1) is 0 Å². The number of rotatable bonds is 5. The Hall–Kier alpha value is -2.43. The average molecular weight is 426 g/mol. The maximum atomic E-state index is 13.7. The number of carbonyl (C=O) groups is 1. The second kappa shape index (κ2) is 8.93. The molecule has 156 valence electrons. The highest BCUT2D eigenvalue weighted by atomic mass is 32.2. The van der Waals surface area contributed by atoms with Crippen LogP contribution in [0.15, 0.2) is 54.6 Å². The number of anilines is 1. The number of amides is 1. The zero-order valence-corrected chi connectivity index (χ0v) is 16.1. The molecule has 0 saturated carbocycles. The molecule has 2 aromatic rings. The van der Waals surface area contributed by atoms with Crippen LogP contribution < -0.4 is 4.72 Å². The predicted molar refractivity (Wildman–Crippen MR) is 102 cm³/mol. The Kier molecular flexibility index (Phi) is 6.56. The molecule has 1 saturated heterocycles. The second-order valence-electron chi connectivity index (χ2n) is 6.60. The monoisotopic (exact) mass is 426 g/mol. The van der Waals surface area contributed by atoms with Crippen LogP contribution >= 0.6 is 0 Å². The lowest BCUT2D eigenvalue weighted by Crippen LogP contribution is -2.52. The summed E-state index contributed by atoms with van der Waals surface area (Å²) in [5.41, 5.74) is 0.838. The molecule has 1 aliphatic rings. The van der Waals surface area contributed by atoms with Gasteiger partial charge < -0.3 is 14.2 Å². The van der Waals surface area contributed by atoms with Gasteiger partial charge in [0.1, 0.15) is 6.04 Å². The van der Waals surface area contributed by atoms with Gasteiger partial charge in [-0.25, -0.2) is 0 Å². The lowest BCUT2D eigenvalue weighted by Gasteiger charge is -2.40. The van der Waals surface area contributed by atoms with Gasteiger partial charge in [-0.15, -0.1) is 0 Å². The number of carbonyl (C=O) groups excluding carboxylic acids is 1. The van der Waals surface area contributed by atoms with Gasteiger partial charge in [0.25, 0.3) is 5.91 Å². The number of nitrogens with zero attached hydrogens (tertiary/aromatic N) is 2. The average Bonchev–Trinajstić information content (AvgIpc) is 2.68. The van der Waals surface area contributed by atoms with E-state index in [0.717, 1.165) is 0 Å². The topological polar surface area (TPSA) is 75.7 Å². The molecular weight excluding hydrogens is 407 g/mol. The van der Waals surface area contributed by atoms with Gasteiger partial charge in [0.15, 0.2) is 0 Å². The number of alkyl halides is 3. The van der Waals surface area contributed by atoms with Crippen molar-refractivity contribution in [3.8, 4) is 0 Å². The first-order valence-electron chi connectivity index (χ1n) is 8.86. The summed E-state index contributed by atoms with van der Waals surface area (Å²) < 4.78 is 64.4. The van der Waals surface area contributed by atoms with Crippen LogP contribution in [0.25, 0.3) is 0 Å². The van der Waals surface area contributed by atoms with Crippen LogP contribution in [0.5, 0.6) is 0 Å². The zero-order valence-electron chi connectivity index (χ0n) is 15.3. The van der Waals surface area contributed by atoms with Crippen LogP contribution in [0.1, 0.15) is 22.0 Å². The molecule has 0 spiro atoms. The molecule has 0 aliphatic carbocycles. The summed E-state index contributed by atoms with van der Waals surface area (Å²) in [7, 11) is 0. The van der Waals surface area contributed by atoms with Gasteiger partial charge in [-0.2, -0.15) is 13.2 Å². The van der Waals surface area contributed by atoms with Gasteiger partial charge in [0, 0.05) is 48.7 Å². The molecule has 1 amide bonds. The molecule has 1 aliphatic heterocycles. The van der Waals surface area contributed by atoms with Crippen molar-refractivity contribution in [1.82, 2.24) is 9.80 Å². The Balaban J connectivity index is 1.66. The lowest BCUT2D eigenvalue weighted by molar-refractivity contribution is -0.189. The Morgan fingerprint density at radius 1 is 1.00 bits per heavy atom. The van der Waals surface area contributed by atoms with Crippen molar-refractivity contribution in [3.05, 3.63) is 65.7 Å². The summed E-state index contributed by atoms with van der Waals surface area (Å²) in [6.07, 6.45) is -4.42. The molecule has 0 radical (unpaired) electrons. The molecule has 1 fully saturated rings. The molecule has 0 bridgehead atoms. The number of hydrogen-bond donors (Lipinski definition) is 1. The maximum absolute atomic E-state index is 13.7. The predicted octanol–water partition coefficient (Wildman–Crippen LogP) is 2.95. The van der Waals surface area contributed by atoms with Gasteiger partial charge in [0.05, 0.1) is 0 Å². The van der Waals surface area contributed by atoms with E-state index in [-0.39, 0.29) is 37.6 Å². The van der Waals surface area contributed by atoms with E-state index in [2.05, 4.69) is 4.72 Å². The smallest absolute Gasteiger partial charge is 0.408 e. The minimum atomic E-state index is -4.42. The number of benzene rings is 2. The van der Waals surface area contributed by atoms with Crippen LogP contribution in [0.4, 0.5) is 18.9 Å². The van der Waals surface area contributed by atoms with Crippen molar-refractivity contribution in [3.63, 3.8) is 0 Å². The van der Waals surface area contributed by atoms with Crippen LogP contribution in [-0.2, 0) is 11.3 Å². The van der Waals surface area contributed by atoms with Crippen molar-refractivity contribution < 1.29 is 26.7 Å². The number of nitrogens with one attached hydrogen (secondary N) is 1. The van der Waals surface area contributed by atoms with Gasteiger partial charge >= 0.3 is 6.18 Å². The van der Waals surface area contributed by atoms with Crippen LogP contribution in [-0.4, -0.2) is 56.8 Å². The highest BCUT2D eigenvalue weighted by Gasteiger charge is 2.45. The minimum absolute atomic E-state index is 0.0968. The van der Waals surface area contributed by atoms with Crippen molar-refractivity contribution in [1.29, 1.82) is 0 Å². The minimum Gasteiger partial charge on any atom is -0.755 e. The van der Waals surface area contributed by atoms with Gasteiger partial charge in [-0.05, 0) is 29.8 Å². The molecule has 2 unspecified atom stereocenters. The molecule has 1 heterocycles. The fourth-order valence-electron chi connectivity index (χ4n) is 3.39. The van der Waals surface area contributed by atoms with Crippen molar-refractivity contribution >= 4 is 22.9 Å². The second-order valence-corrected chi connectivity index (χ2v) is 7.27. The molecule has 3 rings (SSSR count). The molecule has 10 heteroatoms. The Morgan fingerprint density at radius 3 is 2.10 bits per heavy atom. The fraction of sp³-hybridized carbons (Fsp3) is 0.316. The zero-order chi connectivity index (χ0) is 21.0. The third kappa shape index (κ3) is 5.34. The molecule has 2 atom stereocenters. The summed E-state index contributed by atoms with van der Waals surface area (Å²) in [6.45, 7) is 0.533. The van der Waals surface area contributed by atoms with E-state index < -0.39 is 23.5 Å². The first-order valence-corrected chi connectivity index (χ1v) is 9.94. The molecule has 29 heavy (non-hydrogen) atoms. The van der Waals surface area contributed by atoms with Gasteiger partial charge in [0.2, 0.25) is 0 Å². The van der Waals surface area contributed by atoms with Gasteiger partial charge in [-0.1, -0.05) is 30.3 Å². The summed E-state index contributed by atoms with van der Waals surface area (Å²) in [4.78, 5) is 15.5. The summed E-state index contributed by atoms with van der Waals surface area (Å²) in [6, 6.07) is 11.9. The quantitative estimate of drug-likeness (QED) is 0.746. The standard InChI is InChI=1S/C19H20F3N3O3S/c20-19(21,22)17(14-4-2-1-3-5-14)24-10-12-25(13-11-24)18(26)15-6-8-16(9-7-15)23-29(27)28/h1-9,17,23H,10-13H2,(H,27,28)/p-1. The van der Waals surface area contributed by atoms with Crippen molar-refractivity contribution in [2.45, 2.75) is 12.2 Å². The first kappa shape index (κ1) is 21.3. The van der Waals surface area contributed by atoms with E-state index in [0.29, 0.717) is 11.3 Å². The third-order valence-electron chi connectivity index (χ3n) is 4.73. The van der Waals surface area contributed by atoms with E-state index in [1.165, 1.54) is 46.2 Å². The van der Waals surface area contributed by atoms with Crippen LogP contribution in [0.2, 0.25) is 0 Å². The Labute approximate surface area is 168 Å². The molecule has 6 nitrogen and oxygen atoms in total. The maximum Gasteiger partial charge on any atom is 0.408 e. The number of piperazine rings is 1. The Morgan fingerprint density at radius 2 is 1.59 bits per heavy atom. The lowest BCUT2D eigenvalue weighted by atomic mass is 10.0. The Bertz CT molecular complexity index is 854. The van der Waals surface area contributed by atoms with E-state index in [1.54, 1.807) is 18.2 Å². The number of halogens is 3. The normalized spacial score (nSPS) is 17.6. The van der Waals surface area contributed by atoms with E-state index in [1.807, 2.05) is 0 Å². The van der Waals surface area contributed by atoms with Crippen LogP contribution in [0.3, 0.4) is 0 Å². The highest BCUT2D eigenvalue weighted by Crippen LogP contribution is 2.38. The molecule has 0 aromatic heterocycles. The SMILES string of the molecule is O=C(c1ccc(NS(=O)[O-])cc1)N1CCN(C(c2ccccc2)C(F)(F)F)CC1. The largest absolute Gasteiger partial charge is 0.755 e. The summed E-state index contributed by atoms with van der Waals surface area (Å²) >= 11 is -2.46. The first-order chi connectivity index (χ1) is 13.8.